The number of fused-ring (bicyclic) bond motifs is 1. The molecule has 2 aliphatic rings. The van der Waals surface area contributed by atoms with Gasteiger partial charge in [-0.1, -0.05) is 26.3 Å². The second kappa shape index (κ2) is 11.7. The molecule has 1 N–H and O–H groups in total. The molecule has 2 atom stereocenters. The van der Waals surface area contributed by atoms with E-state index in [9.17, 15) is 0 Å². The molecule has 1 aliphatic heterocycles. The summed E-state index contributed by atoms with van der Waals surface area (Å²) in [4.78, 5) is 9.12. The van der Waals surface area contributed by atoms with E-state index in [1.54, 1.807) is 14.2 Å². The molecule has 0 radical (unpaired) electrons. The summed E-state index contributed by atoms with van der Waals surface area (Å²) in [5.74, 6) is 2.90. The van der Waals surface area contributed by atoms with E-state index in [1.807, 2.05) is 6.07 Å². The van der Waals surface area contributed by atoms with Crippen LogP contribution < -0.4 is 9.47 Å². The van der Waals surface area contributed by atoms with Crippen molar-refractivity contribution in [2.75, 3.05) is 40.9 Å². The molecule has 5 heteroatoms. The lowest BCUT2D eigenvalue weighted by atomic mass is 9.84. The van der Waals surface area contributed by atoms with Gasteiger partial charge in [-0.2, -0.15) is 0 Å². The Kier molecular flexibility index (Phi) is 8.35. The van der Waals surface area contributed by atoms with Gasteiger partial charge >= 0.3 is 0 Å². The second-order valence-corrected chi connectivity index (χ2v) is 12.1. The van der Waals surface area contributed by atoms with Crippen molar-refractivity contribution in [2.24, 2.45) is 5.92 Å². The van der Waals surface area contributed by atoms with Crippen LogP contribution >= 0.6 is 0 Å². The molecule has 1 aromatic heterocycles. The smallest absolute Gasteiger partial charge is 0.161 e. The van der Waals surface area contributed by atoms with E-state index in [1.165, 1.54) is 80.2 Å². The quantitative estimate of drug-likeness (QED) is 0.342. The molecule has 0 bridgehead atoms. The Bertz CT molecular complexity index is 1220. The third kappa shape index (κ3) is 5.60. The Morgan fingerprint density at radius 2 is 1.74 bits per heavy atom. The van der Waals surface area contributed by atoms with Gasteiger partial charge in [-0.05, 0) is 112 Å². The number of nitrogens with one attached hydrogen (secondary N) is 1. The van der Waals surface area contributed by atoms with Crippen LogP contribution in [0.25, 0.3) is 22.2 Å². The molecule has 1 saturated heterocycles. The van der Waals surface area contributed by atoms with Gasteiger partial charge in [0.25, 0.3) is 0 Å². The molecular formula is C33H47N3O2. The summed E-state index contributed by atoms with van der Waals surface area (Å²) in [6.07, 6.45) is 8.01. The maximum atomic E-state index is 5.55. The highest BCUT2D eigenvalue weighted by molar-refractivity contribution is 5.91. The fraction of sp³-hybridized carbons (Fsp3) is 0.576. The molecule has 0 spiro atoms. The van der Waals surface area contributed by atoms with Gasteiger partial charge in [0, 0.05) is 40.8 Å². The first-order valence-corrected chi connectivity index (χ1v) is 14.7. The summed E-state index contributed by atoms with van der Waals surface area (Å²) >= 11 is 0. The number of aromatic nitrogens is 1. The zero-order valence-corrected chi connectivity index (χ0v) is 24.3. The molecule has 206 valence electrons. The van der Waals surface area contributed by atoms with Gasteiger partial charge in [-0.15, -0.1) is 0 Å². The van der Waals surface area contributed by atoms with Crippen LogP contribution in [0, 0.1) is 12.8 Å². The number of nitrogens with zero attached hydrogens (tertiary/aromatic N) is 2. The Labute approximate surface area is 229 Å². The number of rotatable bonds is 8. The molecule has 2 fully saturated rings. The number of H-pyrrole nitrogens is 1. The Morgan fingerprint density at radius 3 is 2.45 bits per heavy atom. The van der Waals surface area contributed by atoms with E-state index in [0.717, 1.165) is 40.8 Å². The fourth-order valence-corrected chi connectivity index (χ4v) is 7.07. The van der Waals surface area contributed by atoms with Crippen LogP contribution in [0.3, 0.4) is 0 Å². The van der Waals surface area contributed by atoms with Crippen molar-refractivity contribution in [3.8, 4) is 22.8 Å². The van der Waals surface area contributed by atoms with Crippen LogP contribution in [0.15, 0.2) is 36.4 Å². The Balaban J connectivity index is 1.26. The van der Waals surface area contributed by atoms with Crippen molar-refractivity contribution in [1.29, 1.82) is 0 Å². The van der Waals surface area contributed by atoms with E-state index in [-0.39, 0.29) is 0 Å². The van der Waals surface area contributed by atoms with Gasteiger partial charge in [0.2, 0.25) is 0 Å². The maximum absolute atomic E-state index is 5.55. The van der Waals surface area contributed by atoms with Crippen LogP contribution in [-0.4, -0.2) is 67.8 Å². The minimum absolute atomic E-state index is 0.650. The minimum atomic E-state index is 0.650. The van der Waals surface area contributed by atoms with Gasteiger partial charge in [0.15, 0.2) is 11.5 Å². The topological polar surface area (TPSA) is 40.7 Å². The van der Waals surface area contributed by atoms with E-state index in [4.69, 9.17) is 9.47 Å². The molecule has 5 nitrogen and oxygen atoms in total. The number of hydrogen-bond donors (Lipinski definition) is 1. The minimum Gasteiger partial charge on any atom is -0.493 e. The summed E-state index contributed by atoms with van der Waals surface area (Å²) in [6, 6.07) is 14.8. The number of piperidine rings is 1. The number of aryl methyl sites for hydroxylation is 1. The van der Waals surface area contributed by atoms with Crippen LogP contribution in [0.1, 0.15) is 69.4 Å². The third-order valence-electron chi connectivity index (χ3n) is 9.17. The van der Waals surface area contributed by atoms with Gasteiger partial charge in [0.1, 0.15) is 0 Å². The Hall–Kier alpha value is -2.50. The molecule has 2 heterocycles. The molecule has 0 amide bonds. The first-order chi connectivity index (χ1) is 18.4. The highest BCUT2D eigenvalue weighted by Crippen LogP contribution is 2.38. The van der Waals surface area contributed by atoms with Gasteiger partial charge < -0.3 is 24.3 Å². The zero-order valence-electron chi connectivity index (χ0n) is 24.3. The van der Waals surface area contributed by atoms with Crippen molar-refractivity contribution in [1.82, 2.24) is 14.8 Å². The summed E-state index contributed by atoms with van der Waals surface area (Å²) in [7, 11) is 5.71. The van der Waals surface area contributed by atoms with Crippen molar-refractivity contribution < 1.29 is 9.47 Å². The van der Waals surface area contributed by atoms with Crippen molar-refractivity contribution in [3.63, 3.8) is 0 Å². The summed E-state index contributed by atoms with van der Waals surface area (Å²) in [5.41, 5.74) is 6.27. The van der Waals surface area contributed by atoms with Gasteiger partial charge in [0.05, 0.1) is 14.2 Å². The first kappa shape index (κ1) is 27.1. The van der Waals surface area contributed by atoms with Crippen LogP contribution in [0.4, 0.5) is 0 Å². The predicted octanol–water partition coefficient (Wildman–Crippen LogP) is 7.24. The van der Waals surface area contributed by atoms with Crippen LogP contribution in [0.5, 0.6) is 11.5 Å². The molecule has 2 aromatic carbocycles. The highest BCUT2D eigenvalue weighted by Gasteiger charge is 2.31. The average Bonchev–Trinajstić information content (AvgIpc) is 3.28. The lowest BCUT2D eigenvalue weighted by Crippen LogP contribution is -2.47. The fourth-order valence-electron chi connectivity index (χ4n) is 7.07. The molecule has 38 heavy (non-hydrogen) atoms. The molecule has 1 saturated carbocycles. The number of methoxy groups -OCH3 is 2. The van der Waals surface area contributed by atoms with Crippen LogP contribution in [-0.2, 0) is 0 Å². The molecular weight excluding hydrogens is 470 g/mol. The SMILES string of the molecule is COc1ccc(-c2[nH]c3ccc(C4CCN(C5CCCC(N(C)CC(C)C)C5)CC4)cc3c2C)cc1OC. The van der Waals surface area contributed by atoms with Crippen molar-refractivity contribution in [3.05, 3.63) is 47.5 Å². The molecule has 5 rings (SSSR count). The number of aromatic amines is 1. The lowest BCUT2D eigenvalue weighted by molar-refractivity contribution is 0.0753. The average molecular weight is 518 g/mol. The zero-order chi connectivity index (χ0) is 26.8. The number of ether oxygens (including phenoxy) is 2. The largest absolute Gasteiger partial charge is 0.493 e. The van der Waals surface area contributed by atoms with Gasteiger partial charge in [-0.3, -0.25) is 0 Å². The molecule has 3 aromatic rings. The number of hydrogen-bond acceptors (Lipinski definition) is 4. The summed E-state index contributed by atoms with van der Waals surface area (Å²) in [5, 5.41) is 1.33. The van der Waals surface area contributed by atoms with Crippen molar-refractivity contribution >= 4 is 10.9 Å². The highest BCUT2D eigenvalue weighted by atomic mass is 16.5. The van der Waals surface area contributed by atoms with Gasteiger partial charge in [-0.25, -0.2) is 0 Å². The van der Waals surface area contributed by atoms with E-state index in [2.05, 4.69) is 72.9 Å². The van der Waals surface area contributed by atoms with Crippen LogP contribution in [0.2, 0.25) is 0 Å². The van der Waals surface area contributed by atoms with E-state index >= 15 is 0 Å². The normalized spacial score (nSPS) is 21.5. The lowest BCUT2D eigenvalue weighted by Gasteiger charge is -2.43. The number of likely N-dealkylation sites (tertiary alicyclic amines) is 1. The van der Waals surface area contributed by atoms with E-state index < -0.39 is 0 Å². The van der Waals surface area contributed by atoms with Crippen molar-refractivity contribution in [2.45, 2.75) is 77.3 Å². The number of benzene rings is 2. The Morgan fingerprint density at radius 1 is 0.974 bits per heavy atom. The predicted molar refractivity (Wildman–Crippen MR) is 159 cm³/mol. The third-order valence-corrected chi connectivity index (χ3v) is 9.17. The maximum Gasteiger partial charge on any atom is 0.161 e. The first-order valence-electron chi connectivity index (χ1n) is 14.7. The summed E-state index contributed by atoms with van der Waals surface area (Å²) in [6.45, 7) is 10.6. The molecule has 1 aliphatic carbocycles. The molecule has 2 unspecified atom stereocenters. The monoisotopic (exact) mass is 517 g/mol. The van der Waals surface area contributed by atoms with E-state index in [0.29, 0.717) is 5.92 Å². The summed E-state index contributed by atoms with van der Waals surface area (Å²) < 4.78 is 11.0. The second-order valence-electron chi connectivity index (χ2n) is 12.1. The standard InChI is InChI=1S/C33H47N3O2/c1-22(2)21-35(4)27-8-7-9-28(20-27)36-16-14-24(15-17-36)25-10-12-30-29(18-25)23(3)33(34-30)26-11-13-31(37-5)32(19-26)38-6/h10-13,18-19,22,24,27-28,34H,7-9,14-17,20-21H2,1-6H3.